The second kappa shape index (κ2) is 5.99. The van der Waals surface area contributed by atoms with Gasteiger partial charge in [-0.2, -0.15) is 0 Å². The van der Waals surface area contributed by atoms with Gasteiger partial charge in [0.15, 0.2) is 0 Å². The van der Waals surface area contributed by atoms with Gasteiger partial charge in [-0.1, -0.05) is 13.8 Å². The zero-order chi connectivity index (χ0) is 12.2. The first kappa shape index (κ1) is 13.9. The van der Waals surface area contributed by atoms with Gasteiger partial charge in [0.1, 0.15) is 0 Å². The lowest BCUT2D eigenvalue weighted by Crippen LogP contribution is -2.58. The Bertz CT molecular complexity index is 206. The van der Waals surface area contributed by atoms with Crippen LogP contribution in [0.15, 0.2) is 0 Å². The van der Waals surface area contributed by atoms with E-state index in [9.17, 15) is 0 Å². The van der Waals surface area contributed by atoms with Crippen molar-refractivity contribution in [3.05, 3.63) is 0 Å². The van der Waals surface area contributed by atoms with Crippen molar-refractivity contribution in [1.82, 2.24) is 10.2 Å². The highest BCUT2D eigenvalue weighted by Crippen LogP contribution is 2.17. The lowest BCUT2D eigenvalue weighted by molar-refractivity contribution is -0.0275. The minimum Gasteiger partial charge on any atom is -0.377 e. The number of hydrogen-bond acceptors (Lipinski definition) is 3. The molecule has 2 atom stereocenters. The van der Waals surface area contributed by atoms with Crippen LogP contribution in [-0.4, -0.2) is 49.3 Å². The van der Waals surface area contributed by atoms with Gasteiger partial charge in [0.05, 0.1) is 5.60 Å². The third-order valence-corrected chi connectivity index (χ3v) is 3.71. The first-order valence-corrected chi connectivity index (χ1v) is 6.55. The molecule has 0 saturated carbocycles. The quantitative estimate of drug-likeness (QED) is 0.777. The second-order valence-electron chi connectivity index (χ2n) is 5.47. The Balaban J connectivity index is 2.58. The standard InChI is InChI=1S/C13H28N2O/c1-6-11-9-15(10-13(3,4)16-5)12(7-2)8-14-11/h11-12,14H,6-10H2,1-5H3. The molecule has 0 aromatic heterocycles. The second-order valence-corrected chi connectivity index (χ2v) is 5.47. The number of ether oxygens (including phenoxy) is 1. The monoisotopic (exact) mass is 228 g/mol. The number of nitrogens with zero attached hydrogens (tertiary/aromatic N) is 1. The Morgan fingerprint density at radius 3 is 2.50 bits per heavy atom. The van der Waals surface area contributed by atoms with Crippen molar-refractivity contribution in [2.75, 3.05) is 26.7 Å². The van der Waals surface area contributed by atoms with E-state index in [-0.39, 0.29) is 5.60 Å². The van der Waals surface area contributed by atoms with Crippen molar-refractivity contribution in [1.29, 1.82) is 0 Å². The maximum atomic E-state index is 5.54. The van der Waals surface area contributed by atoms with Gasteiger partial charge in [0.25, 0.3) is 0 Å². The lowest BCUT2D eigenvalue weighted by Gasteiger charge is -2.43. The van der Waals surface area contributed by atoms with Gasteiger partial charge in [0, 0.05) is 38.8 Å². The molecule has 16 heavy (non-hydrogen) atoms. The van der Waals surface area contributed by atoms with Crippen LogP contribution in [-0.2, 0) is 4.74 Å². The van der Waals surface area contributed by atoms with Crippen LogP contribution < -0.4 is 5.32 Å². The zero-order valence-corrected chi connectivity index (χ0v) is 11.5. The third kappa shape index (κ3) is 3.72. The molecular formula is C13H28N2O. The van der Waals surface area contributed by atoms with Crippen LogP contribution in [0.4, 0.5) is 0 Å². The van der Waals surface area contributed by atoms with Gasteiger partial charge < -0.3 is 10.1 Å². The smallest absolute Gasteiger partial charge is 0.0749 e. The molecule has 1 saturated heterocycles. The summed E-state index contributed by atoms with van der Waals surface area (Å²) in [5.74, 6) is 0. The van der Waals surface area contributed by atoms with E-state index in [0.29, 0.717) is 12.1 Å². The molecule has 0 radical (unpaired) electrons. The highest BCUT2D eigenvalue weighted by atomic mass is 16.5. The topological polar surface area (TPSA) is 24.5 Å². The van der Waals surface area contributed by atoms with Crippen LogP contribution in [0.5, 0.6) is 0 Å². The van der Waals surface area contributed by atoms with E-state index in [2.05, 4.69) is 37.9 Å². The normalized spacial score (nSPS) is 28.3. The van der Waals surface area contributed by atoms with Crippen LogP contribution in [0.2, 0.25) is 0 Å². The van der Waals surface area contributed by atoms with Gasteiger partial charge in [-0.15, -0.1) is 0 Å². The average Bonchev–Trinajstić information content (AvgIpc) is 2.28. The summed E-state index contributed by atoms with van der Waals surface area (Å²) >= 11 is 0. The molecule has 1 heterocycles. The summed E-state index contributed by atoms with van der Waals surface area (Å²) in [7, 11) is 1.81. The van der Waals surface area contributed by atoms with E-state index in [0.717, 1.165) is 19.6 Å². The zero-order valence-electron chi connectivity index (χ0n) is 11.5. The summed E-state index contributed by atoms with van der Waals surface area (Å²) in [6.07, 6.45) is 2.42. The molecule has 0 spiro atoms. The number of rotatable bonds is 5. The molecule has 1 aliphatic rings. The maximum Gasteiger partial charge on any atom is 0.0749 e. The molecule has 1 aliphatic heterocycles. The largest absolute Gasteiger partial charge is 0.377 e. The first-order chi connectivity index (χ1) is 7.52. The predicted octanol–water partition coefficient (Wildman–Crippen LogP) is 1.87. The molecule has 96 valence electrons. The SMILES string of the molecule is CCC1CN(CC(C)(C)OC)C(CC)CN1. The minimum atomic E-state index is -0.0386. The van der Waals surface area contributed by atoms with Crippen molar-refractivity contribution in [3.63, 3.8) is 0 Å². The van der Waals surface area contributed by atoms with Crippen LogP contribution in [0.25, 0.3) is 0 Å². The Hall–Kier alpha value is -0.120. The molecule has 1 N–H and O–H groups in total. The van der Waals surface area contributed by atoms with Crippen molar-refractivity contribution in [2.24, 2.45) is 0 Å². The van der Waals surface area contributed by atoms with Crippen LogP contribution in [0.3, 0.4) is 0 Å². The summed E-state index contributed by atoms with van der Waals surface area (Å²) in [5, 5.41) is 3.62. The summed E-state index contributed by atoms with van der Waals surface area (Å²) in [6.45, 7) is 12.2. The fourth-order valence-electron chi connectivity index (χ4n) is 2.35. The fourth-order valence-corrected chi connectivity index (χ4v) is 2.35. The van der Waals surface area contributed by atoms with Crippen molar-refractivity contribution in [3.8, 4) is 0 Å². The molecule has 2 unspecified atom stereocenters. The number of methoxy groups -OCH3 is 1. The van der Waals surface area contributed by atoms with Gasteiger partial charge in [-0.3, -0.25) is 4.90 Å². The molecule has 3 heteroatoms. The van der Waals surface area contributed by atoms with E-state index >= 15 is 0 Å². The van der Waals surface area contributed by atoms with E-state index < -0.39 is 0 Å². The molecule has 0 amide bonds. The molecule has 1 fully saturated rings. The Morgan fingerprint density at radius 2 is 2.00 bits per heavy atom. The van der Waals surface area contributed by atoms with Crippen molar-refractivity contribution >= 4 is 0 Å². The van der Waals surface area contributed by atoms with E-state index in [1.807, 2.05) is 0 Å². The van der Waals surface area contributed by atoms with Crippen molar-refractivity contribution < 1.29 is 4.74 Å². The molecule has 0 bridgehead atoms. The van der Waals surface area contributed by atoms with E-state index in [4.69, 9.17) is 4.74 Å². The fraction of sp³-hybridized carbons (Fsp3) is 1.00. The Morgan fingerprint density at radius 1 is 1.31 bits per heavy atom. The number of nitrogens with one attached hydrogen (secondary N) is 1. The lowest BCUT2D eigenvalue weighted by atomic mass is 10.0. The minimum absolute atomic E-state index is 0.0386. The van der Waals surface area contributed by atoms with Crippen molar-refractivity contribution in [2.45, 2.75) is 58.2 Å². The molecule has 0 aromatic carbocycles. The van der Waals surface area contributed by atoms with Crippen LogP contribution in [0.1, 0.15) is 40.5 Å². The highest BCUT2D eigenvalue weighted by Gasteiger charge is 2.30. The molecule has 0 aliphatic carbocycles. The van der Waals surface area contributed by atoms with Crippen LogP contribution in [0, 0.1) is 0 Å². The van der Waals surface area contributed by atoms with Gasteiger partial charge in [-0.05, 0) is 26.7 Å². The van der Waals surface area contributed by atoms with E-state index in [1.165, 1.54) is 12.8 Å². The third-order valence-electron chi connectivity index (χ3n) is 3.71. The van der Waals surface area contributed by atoms with Gasteiger partial charge >= 0.3 is 0 Å². The Kier molecular flexibility index (Phi) is 5.22. The first-order valence-electron chi connectivity index (χ1n) is 6.55. The summed E-state index contributed by atoms with van der Waals surface area (Å²) in [6, 6.07) is 1.31. The molecular weight excluding hydrogens is 200 g/mol. The maximum absolute atomic E-state index is 5.54. The van der Waals surface area contributed by atoms with Gasteiger partial charge in [-0.25, -0.2) is 0 Å². The number of hydrogen-bond donors (Lipinski definition) is 1. The number of piperazine rings is 1. The highest BCUT2D eigenvalue weighted by molar-refractivity contribution is 4.88. The molecule has 3 nitrogen and oxygen atoms in total. The van der Waals surface area contributed by atoms with E-state index in [1.54, 1.807) is 7.11 Å². The predicted molar refractivity (Wildman–Crippen MR) is 68.8 cm³/mol. The summed E-state index contributed by atoms with van der Waals surface area (Å²) in [4.78, 5) is 2.59. The summed E-state index contributed by atoms with van der Waals surface area (Å²) in [5.41, 5.74) is -0.0386. The average molecular weight is 228 g/mol. The molecule has 1 rings (SSSR count). The molecule has 0 aromatic rings. The van der Waals surface area contributed by atoms with Crippen LogP contribution >= 0.6 is 0 Å². The van der Waals surface area contributed by atoms with Gasteiger partial charge in [0.2, 0.25) is 0 Å². The Labute approximate surface area is 101 Å². The summed E-state index contributed by atoms with van der Waals surface area (Å²) < 4.78 is 5.54.